The van der Waals surface area contributed by atoms with E-state index in [4.69, 9.17) is 34.2 Å². The van der Waals surface area contributed by atoms with Crippen LogP contribution < -0.4 is 45.4 Å². The number of carbonyl (C=O) groups excluding carboxylic acids is 3. The van der Waals surface area contributed by atoms with Crippen LogP contribution in [-0.2, 0) is 31.9 Å². The molecule has 0 radical (unpaired) electrons. The van der Waals surface area contributed by atoms with Crippen LogP contribution in [0.2, 0.25) is 0 Å². The number of amides is 4. The second-order valence-electron chi connectivity index (χ2n) is 21.9. The highest BCUT2D eigenvalue weighted by molar-refractivity contribution is 6.06. The van der Waals surface area contributed by atoms with Crippen molar-refractivity contribution in [3.63, 3.8) is 0 Å². The quantitative estimate of drug-likeness (QED) is 0.0745. The Labute approximate surface area is 484 Å². The number of nitrogens with one attached hydrogen (secondary N) is 2. The van der Waals surface area contributed by atoms with Crippen LogP contribution in [0.4, 0.5) is 53.0 Å². The smallest absolute Gasteiger partial charge is 0.354 e. The molecule has 4 aromatic heterocycles. The largest absolute Gasteiger partial charge is 0.491 e. The second-order valence-corrected chi connectivity index (χ2v) is 21.9. The van der Waals surface area contributed by atoms with E-state index in [1.165, 1.54) is 24.3 Å². The SMILES string of the molecule is CC1(C)OC[C@H](COc2ccnc(NC(=O)N3c4nc(C(=O)CCc5ccc(F)cc5)ccc4N4CC[C@H]3C4)c2)O1.Cc1cc2c(nc1C(=O)O)N(C(=O)Nc1cc(OC[C@H]3COC(C)(C)O3)ccn1)[C@H]1CCN2C1.NCc1ccc(F)cc1. The number of aromatic carboxylic acids is 1. The van der Waals surface area contributed by atoms with Crippen molar-refractivity contribution in [1.29, 1.82) is 0 Å². The lowest BCUT2D eigenvalue weighted by molar-refractivity contribution is -0.141. The summed E-state index contributed by atoms with van der Waals surface area (Å²) in [6.07, 6.45) is 4.99. The number of nitrogens with two attached hydrogens (primary N) is 1. The highest BCUT2D eigenvalue weighted by Gasteiger charge is 2.43. The minimum atomic E-state index is -1.12. The summed E-state index contributed by atoms with van der Waals surface area (Å²) in [7, 11) is 0. The first-order valence-corrected chi connectivity index (χ1v) is 27.8. The van der Waals surface area contributed by atoms with Gasteiger partial charge < -0.3 is 49.1 Å². The zero-order chi connectivity index (χ0) is 59.3. The highest BCUT2D eigenvalue weighted by atomic mass is 19.1. The topological polar surface area (TPSA) is 258 Å². The molecule has 6 aromatic rings. The lowest BCUT2D eigenvalue weighted by Crippen LogP contribution is -2.48. The Morgan fingerprint density at radius 3 is 1.67 bits per heavy atom. The van der Waals surface area contributed by atoms with Gasteiger partial charge >= 0.3 is 18.0 Å². The Balaban J connectivity index is 0.000000165. The fourth-order valence-electron chi connectivity index (χ4n) is 10.7. The number of ketones is 1. The third-order valence-electron chi connectivity index (χ3n) is 14.8. The van der Waals surface area contributed by atoms with Gasteiger partial charge in [0.15, 0.2) is 34.7 Å². The number of fused-ring (bicyclic) bond motifs is 8. The van der Waals surface area contributed by atoms with Crippen molar-refractivity contribution in [3.8, 4) is 11.5 Å². The number of benzene rings is 2. The predicted molar refractivity (Wildman–Crippen MR) is 307 cm³/mol. The van der Waals surface area contributed by atoms with Crippen LogP contribution in [0.3, 0.4) is 0 Å². The first kappa shape index (κ1) is 58.8. The Bertz CT molecular complexity index is 3380. The maximum absolute atomic E-state index is 13.6. The van der Waals surface area contributed by atoms with Gasteiger partial charge in [-0.25, -0.2) is 43.1 Å². The van der Waals surface area contributed by atoms with Crippen LogP contribution in [0.15, 0.2) is 103 Å². The molecule has 0 spiro atoms. The number of nitrogens with zero attached hydrogens (tertiary/aromatic N) is 8. The number of hydrogen-bond donors (Lipinski definition) is 4. The number of pyridine rings is 4. The number of ether oxygens (including phenoxy) is 6. The van der Waals surface area contributed by atoms with E-state index in [-0.39, 0.29) is 59.9 Å². The van der Waals surface area contributed by atoms with E-state index in [0.29, 0.717) is 98.5 Å². The lowest BCUT2D eigenvalue weighted by atomic mass is 10.1. The summed E-state index contributed by atoms with van der Waals surface area (Å²) in [5.41, 5.74) is 9.47. The molecule has 0 saturated carbocycles. The minimum Gasteiger partial charge on any atom is -0.491 e. The third kappa shape index (κ3) is 14.1. The maximum atomic E-state index is 13.6. The molecule has 84 heavy (non-hydrogen) atoms. The van der Waals surface area contributed by atoms with Crippen molar-refractivity contribution < 1.29 is 61.5 Å². The van der Waals surface area contributed by atoms with Crippen LogP contribution in [0, 0.1) is 18.6 Å². The fraction of sp³-hybridized carbons (Fsp3) is 0.400. The van der Waals surface area contributed by atoms with Gasteiger partial charge in [-0.2, -0.15) is 0 Å². The summed E-state index contributed by atoms with van der Waals surface area (Å²) in [4.78, 5) is 76.7. The van der Waals surface area contributed by atoms with Gasteiger partial charge in [-0.1, -0.05) is 24.3 Å². The standard InChI is InChI=1S/C30H32FN5O5.C23H27N5O6.C7H8FN/c1-30(2)40-18-23(41-30)17-39-22-11-13-32-27(15-22)34-29(38)36-21-12-14-35(16-21)25-9-8-24(33-28(25)36)26(37)10-5-19-3-6-20(31)7-4-19;1-13-8-17-20(26-19(13)21(29)30)28(14-5-7-27(17)10-14)22(31)25-18-9-15(4-6-24-18)32-11-16-12-33-23(2,3)34-16;8-7-3-1-6(5-9)2-4-7/h3-4,6-9,11,13,15,21,23H,5,10,12,14,16-18H2,1-2H3,(H,32,34,38);4,6,8-9,14,16H,5,7,10-12H2,1-3H3,(H,29,30)(H,24,25,31);1-4H,5,9H2/t21-,23-;14-,16-;/m00./s1. The first-order chi connectivity index (χ1) is 40.3. The van der Waals surface area contributed by atoms with E-state index in [1.54, 1.807) is 89.8 Å². The number of rotatable bonds is 14. The number of Topliss-reactive ketones (excluding diaryl/α,β-unsaturated/α-hetero) is 1. The Morgan fingerprint density at radius 1 is 0.679 bits per heavy atom. The summed E-state index contributed by atoms with van der Waals surface area (Å²) in [5, 5.41) is 15.2. The lowest BCUT2D eigenvalue weighted by Gasteiger charge is -2.36. The van der Waals surface area contributed by atoms with Crippen molar-refractivity contribution >= 4 is 58.5 Å². The van der Waals surface area contributed by atoms with Crippen molar-refractivity contribution in [2.75, 3.05) is 82.8 Å². The number of carboxylic acid groups (broad SMARTS) is 1. The molecule has 4 fully saturated rings. The molecule has 6 aliphatic heterocycles. The van der Waals surface area contributed by atoms with Crippen LogP contribution in [0.5, 0.6) is 11.5 Å². The number of carbonyl (C=O) groups is 4. The van der Waals surface area contributed by atoms with Crippen molar-refractivity contribution in [1.82, 2.24) is 19.9 Å². The molecule has 6 aliphatic rings. The van der Waals surface area contributed by atoms with Crippen LogP contribution in [0.25, 0.3) is 0 Å². The van der Waals surface area contributed by atoms with Gasteiger partial charge in [0.25, 0.3) is 0 Å². The van der Waals surface area contributed by atoms with Gasteiger partial charge in [-0.3, -0.25) is 25.2 Å². The predicted octanol–water partition coefficient (Wildman–Crippen LogP) is 8.52. The molecule has 442 valence electrons. The molecule has 4 amide bonds. The van der Waals surface area contributed by atoms with Crippen molar-refractivity contribution in [2.45, 2.75) is 103 Å². The fourth-order valence-corrected chi connectivity index (χ4v) is 10.7. The zero-order valence-corrected chi connectivity index (χ0v) is 47.3. The number of aromatic nitrogens is 4. The molecule has 0 unspecified atom stereocenters. The summed E-state index contributed by atoms with van der Waals surface area (Å²) in [6.45, 7) is 14.0. The minimum absolute atomic E-state index is 0.0612. The number of anilines is 6. The van der Waals surface area contributed by atoms with E-state index in [1.807, 2.05) is 33.8 Å². The normalized spacial score (nSPS) is 20.1. The summed E-state index contributed by atoms with van der Waals surface area (Å²) in [6, 6.07) is 23.4. The molecule has 4 saturated heterocycles. The van der Waals surface area contributed by atoms with E-state index in [2.05, 4.69) is 40.4 Å². The number of halogens is 2. The summed E-state index contributed by atoms with van der Waals surface area (Å²) < 4.78 is 59.7. The summed E-state index contributed by atoms with van der Waals surface area (Å²) in [5.74, 6) is -0.514. The Kier molecular flexibility index (Phi) is 17.6. The third-order valence-corrected chi connectivity index (χ3v) is 14.8. The van der Waals surface area contributed by atoms with E-state index < -0.39 is 23.6 Å². The van der Waals surface area contributed by atoms with Crippen LogP contribution in [-0.4, -0.2) is 137 Å². The Hall–Kier alpha value is -8.42. The summed E-state index contributed by atoms with van der Waals surface area (Å²) >= 11 is 0. The average Bonchev–Trinajstić information content (AvgIpc) is 1.93. The molecule has 0 aliphatic carbocycles. The molecule has 2 aromatic carbocycles. The number of aryl methyl sites for hydroxylation is 2. The van der Waals surface area contributed by atoms with Gasteiger partial charge in [0.05, 0.1) is 36.7 Å². The molecule has 24 heteroatoms. The van der Waals surface area contributed by atoms with Crippen LogP contribution in [0.1, 0.15) is 84.6 Å². The van der Waals surface area contributed by atoms with Crippen LogP contribution >= 0.6 is 0 Å². The second kappa shape index (κ2) is 25.2. The highest BCUT2D eigenvalue weighted by Crippen LogP contribution is 2.41. The molecular formula is C60H67F2N11O11. The molecule has 4 atom stereocenters. The monoisotopic (exact) mass is 1160 g/mol. The van der Waals surface area contributed by atoms with Gasteiger partial charge in [0, 0.05) is 63.7 Å². The number of carboxylic acids is 1. The van der Waals surface area contributed by atoms with Gasteiger partial charge in [-0.15, -0.1) is 0 Å². The molecule has 4 bridgehead atoms. The van der Waals surface area contributed by atoms with E-state index in [9.17, 15) is 33.1 Å². The van der Waals surface area contributed by atoms with E-state index in [0.717, 1.165) is 48.4 Å². The zero-order valence-electron chi connectivity index (χ0n) is 47.3. The maximum Gasteiger partial charge on any atom is 0.354 e. The molecular weight excluding hydrogens is 1090 g/mol. The molecule has 5 N–H and O–H groups in total. The molecule has 10 heterocycles. The Morgan fingerprint density at radius 2 is 1.18 bits per heavy atom. The van der Waals surface area contributed by atoms with Gasteiger partial charge in [0.1, 0.15) is 65.9 Å². The van der Waals surface area contributed by atoms with Gasteiger partial charge in [0.2, 0.25) is 0 Å². The first-order valence-electron chi connectivity index (χ1n) is 27.8. The van der Waals surface area contributed by atoms with Crippen molar-refractivity contribution in [3.05, 3.63) is 143 Å². The molecule has 12 rings (SSSR count). The number of hydrogen-bond acceptors (Lipinski definition) is 17. The van der Waals surface area contributed by atoms with Crippen molar-refractivity contribution in [2.24, 2.45) is 5.73 Å². The van der Waals surface area contributed by atoms with Gasteiger partial charge in [-0.05, 0) is 125 Å². The average molecular weight is 1160 g/mol. The number of urea groups is 2. The molecule has 22 nitrogen and oxygen atoms in total. The van der Waals surface area contributed by atoms with E-state index >= 15 is 0 Å².